The molecular formula is C13H24N2O3S2. The minimum Gasteiger partial charge on any atom is -0.380 e. The maximum Gasteiger partial charge on any atom is 0.243 e. The zero-order chi connectivity index (χ0) is 15.2. The number of sulfonamides is 1. The van der Waals surface area contributed by atoms with Crippen molar-refractivity contribution in [2.75, 3.05) is 26.8 Å². The van der Waals surface area contributed by atoms with Crippen molar-refractivity contribution in [2.45, 2.75) is 38.3 Å². The van der Waals surface area contributed by atoms with Crippen LogP contribution in [0.1, 0.15) is 25.6 Å². The smallest absolute Gasteiger partial charge is 0.243 e. The van der Waals surface area contributed by atoms with E-state index in [-0.39, 0.29) is 0 Å². The Morgan fingerprint density at radius 2 is 2.15 bits per heavy atom. The van der Waals surface area contributed by atoms with Crippen LogP contribution in [-0.2, 0) is 21.3 Å². The maximum atomic E-state index is 12.3. The van der Waals surface area contributed by atoms with Crippen molar-refractivity contribution >= 4 is 21.4 Å². The summed E-state index contributed by atoms with van der Waals surface area (Å²) in [4.78, 5) is 1.39. The molecule has 0 fully saturated rings. The van der Waals surface area contributed by atoms with E-state index in [0.717, 1.165) is 4.88 Å². The second-order valence-corrected chi connectivity index (χ2v) is 7.85. The van der Waals surface area contributed by atoms with Crippen molar-refractivity contribution in [3.63, 3.8) is 0 Å². The van der Waals surface area contributed by atoms with Gasteiger partial charge in [-0.15, -0.1) is 11.3 Å². The van der Waals surface area contributed by atoms with Crippen LogP contribution in [0.3, 0.4) is 0 Å². The van der Waals surface area contributed by atoms with Gasteiger partial charge in [0, 0.05) is 43.0 Å². The van der Waals surface area contributed by atoms with Crippen LogP contribution in [0.15, 0.2) is 16.3 Å². The first-order chi connectivity index (χ1) is 9.37. The van der Waals surface area contributed by atoms with Gasteiger partial charge in [0.05, 0.1) is 11.5 Å². The van der Waals surface area contributed by atoms with Gasteiger partial charge in [-0.1, -0.05) is 13.8 Å². The zero-order valence-corrected chi connectivity index (χ0v) is 14.2. The summed E-state index contributed by atoms with van der Waals surface area (Å²) in [7, 11) is -1.82. The number of nitrogens with zero attached hydrogens (tertiary/aromatic N) is 1. The largest absolute Gasteiger partial charge is 0.380 e. The molecular weight excluding hydrogens is 296 g/mol. The monoisotopic (exact) mass is 320 g/mol. The molecule has 7 heteroatoms. The topological polar surface area (TPSA) is 58.6 Å². The molecule has 0 radical (unpaired) electrons. The second kappa shape index (κ2) is 8.09. The SMILES string of the molecule is CCOCCN(C)S(=O)(=O)c1csc(CNC(C)C)c1. The molecule has 1 aromatic heterocycles. The molecule has 116 valence electrons. The molecule has 0 saturated heterocycles. The summed E-state index contributed by atoms with van der Waals surface area (Å²) >= 11 is 1.46. The van der Waals surface area contributed by atoms with Gasteiger partial charge in [0.1, 0.15) is 0 Å². The minimum atomic E-state index is -3.40. The Morgan fingerprint density at radius 3 is 2.75 bits per heavy atom. The summed E-state index contributed by atoms with van der Waals surface area (Å²) in [6.07, 6.45) is 0. The number of nitrogens with one attached hydrogen (secondary N) is 1. The molecule has 0 saturated carbocycles. The lowest BCUT2D eigenvalue weighted by Gasteiger charge is -2.15. The van der Waals surface area contributed by atoms with Gasteiger partial charge in [-0.3, -0.25) is 0 Å². The van der Waals surface area contributed by atoms with Gasteiger partial charge in [-0.25, -0.2) is 8.42 Å². The van der Waals surface area contributed by atoms with Crippen LogP contribution in [0, 0.1) is 0 Å². The molecule has 0 amide bonds. The first-order valence-corrected chi connectivity index (χ1v) is 9.04. The Balaban J connectivity index is 2.67. The third-order valence-electron chi connectivity index (χ3n) is 2.78. The number of hydrogen-bond acceptors (Lipinski definition) is 5. The van der Waals surface area contributed by atoms with Crippen molar-refractivity contribution in [2.24, 2.45) is 0 Å². The quantitative estimate of drug-likeness (QED) is 0.706. The van der Waals surface area contributed by atoms with Gasteiger partial charge in [-0.05, 0) is 13.0 Å². The van der Waals surface area contributed by atoms with E-state index in [1.807, 2.05) is 6.92 Å². The Labute approximate surface area is 126 Å². The lowest BCUT2D eigenvalue weighted by Crippen LogP contribution is -2.30. The molecule has 1 heterocycles. The van der Waals surface area contributed by atoms with Crippen LogP contribution in [0.2, 0.25) is 0 Å². The maximum absolute atomic E-state index is 12.3. The minimum absolute atomic E-state index is 0.363. The fourth-order valence-corrected chi connectivity index (χ4v) is 3.90. The van der Waals surface area contributed by atoms with Crippen molar-refractivity contribution < 1.29 is 13.2 Å². The molecule has 0 aromatic carbocycles. The molecule has 1 rings (SSSR count). The van der Waals surface area contributed by atoms with E-state index in [4.69, 9.17) is 4.74 Å². The van der Waals surface area contributed by atoms with Gasteiger partial charge >= 0.3 is 0 Å². The van der Waals surface area contributed by atoms with Crippen molar-refractivity contribution in [1.29, 1.82) is 0 Å². The van der Waals surface area contributed by atoms with Gasteiger partial charge < -0.3 is 10.1 Å². The Kier molecular flexibility index (Phi) is 7.11. The fraction of sp³-hybridized carbons (Fsp3) is 0.692. The van der Waals surface area contributed by atoms with Gasteiger partial charge in [0.25, 0.3) is 0 Å². The standard InChI is InChI=1S/C13H24N2O3S2/c1-5-18-7-6-15(4)20(16,17)13-8-12(19-10-13)9-14-11(2)3/h8,10-11,14H,5-7,9H2,1-4H3. The van der Waals surface area contributed by atoms with Crippen LogP contribution in [0.5, 0.6) is 0 Å². The first kappa shape index (κ1) is 17.6. The van der Waals surface area contributed by atoms with Crippen LogP contribution in [-0.4, -0.2) is 45.6 Å². The molecule has 5 nitrogen and oxygen atoms in total. The summed E-state index contributed by atoms with van der Waals surface area (Å²) in [5.74, 6) is 0. The predicted octanol–water partition coefficient (Wildman–Crippen LogP) is 1.90. The van der Waals surface area contributed by atoms with E-state index in [1.165, 1.54) is 15.6 Å². The van der Waals surface area contributed by atoms with E-state index in [1.54, 1.807) is 18.5 Å². The van der Waals surface area contributed by atoms with E-state index >= 15 is 0 Å². The van der Waals surface area contributed by atoms with Crippen LogP contribution in [0.4, 0.5) is 0 Å². The number of thiophene rings is 1. The number of hydrogen-bond donors (Lipinski definition) is 1. The highest BCUT2D eigenvalue weighted by Gasteiger charge is 2.21. The normalized spacial score (nSPS) is 12.5. The van der Waals surface area contributed by atoms with Gasteiger partial charge in [0.15, 0.2) is 0 Å². The van der Waals surface area contributed by atoms with Crippen LogP contribution >= 0.6 is 11.3 Å². The molecule has 0 spiro atoms. The molecule has 0 aliphatic rings. The van der Waals surface area contributed by atoms with Gasteiger partial charge in [-0.2, -0.15) is 4.31 Å². The van der Waals surface area contributed by atoms with E-state index < -0.39 is 10.0 Å². The Bertz CT molecular complexity index is 497. The summed E-state index contributed by atoms with van der Waals surface area (Å²) in [5, 5.41) is 4.98. The van der Waals surface area contributed by atoms with Crippen molar-refractivity contribution in [3.8, 4) is 0 Å². The fourth-order valence-electron chi connectivity index (χ4n) is 1.53. The van der Waals surface area contributed by atoms with E-state index in [9.17, 15) is 8.42 Å². The highest BCUT2D eigenvalue weighted by molar-refractivity contribution is 7.89. The Hall–Kier alpha value is -0.470. The third-order valence-corrected chi connectivity index (χ3v) is 5.70. The summed E-state index contributed by atoms with van der Waals surface area (Å²) in [6, 6.07) is 2.12. The van der Waals surface area contributed by atoms with E-state index in [0.29, 0.717) is 37.2 Å². The average molecular weight is 320 g/mol. The molecule has 0 unspecified atom stereocenters. The van der Waals surface area contributed by atoms with Crippen LogP contribution in [0.25, 0.3) is 0 Å². The molecule has 20 heavy (non-hydrogen) atoms. The molecule has 1 aromatic rings. The van der Waals surface area contributed by atoms with Crippen molar-refractivity contribution in [3.05, 3.63) is 16.3 Å². The number of rotatable bonds is 9. The molecule has 0 aliphatic carbocycles. The number of ether oxygens (including phenoxy) is 1. The van der Waals surface area contributed by atoms with Crippen molar-refractivity contribution in [1.82, 2.24) is 9.62 Å². The molecule has 0 bridgehead atoms. The lowest BCUT2D eigenvalue weighted by molar-refractivity contribution is 0.138. The summed E-state index contributed by atoms with van der Waals surface area (Å²) in [6.45, 7) is 8.09. The highest BCUT2D eigenvalue weighted by atomic mass is 32.2. The average Bonchev–Trinajstić information content (AvgIpc) is 2.86. The Morgan fingerprint density at radius 1 is 1.45 bits per heavy atom. The molecule has 0 atom stereocenters. The molecule has 1 N–H and O–H groups in total. The molecule has 0 aliphatic heterocycles. The predicted molar refractivity (Wildman–Crippen MR) is 82.6 cm³/mol. The lowest BCUT2D eigenvalue weighted by atomic mass is 10.4. The van der Waals surface area contributed by atoms with Gasteiger partial charge in [0.2, 0.25) is 10.0 Å². The van der Waals surface area contributed by atoms with Crippen LogP contribution < -0.4 is 5.32 Å². The first-order valence-electron chi connectivity index (χ1n) is 6.72. The summed E-state index contributed by atoms with van der Waals surface area (Å²) < 4.78 is 31.2. The second-order valence-electron chi connectivity index (χ2n) is 4.81. The number of likely N-dealkylation sites (N-methyl/N-ethyl adjacent to an activating group) is 1. The highest BCUT2D eigenvalue weighted by Crippen LogP contribution is 2.22. The zero-order valence-electron chi connectivity index (χ0n) is 12.5. The van der Waals surface area contributed by atoms with E-state index in [2.05, 4.69) is 19.2 Å². The summed E-state index contributed by atoms with van der Waals surface area (Å²) in [5.41, 5.74) is 0. The third kappa shape index (κ3) is 5.14.